The van der Waals surface area contributed by atoms with Crippen LogP contribution in [-0.4, -0.2) is 16.8 Å². The van der Waals surface area contributed by atoms with Crippen LogP contribution < -0.4 is 5.32 Å². The fraction of sp³-hybridized carbons (Fsp3) is 0.0476. The molecule has 1 amide bonds. The lowest BCUT2D eigenvalue weighted by molar-refractivity contribution is -0.384. The Bertz CT molecular complexity index is 1150. The molecule has 1 N–H and O–H groups in total. The van der Waals surface area contributed by atoms with E-state index in [2.05, 4.69) is 21.2 Å². The van der Waals surface area contributed by atoms with Crippen LogP contribution in [0.4, 0.5) is 11.4 Å². The van der Waals surface area contributed by atoms with Gasteiger partial charge in [-0.05, 0) is 46.3 Å². The summed E-state index contributed by atoms with van der Waals surface area (Å²) in [5.74, 6) is -1.05. The number of nitrogens with one attached hydrogen (secondary N) is 1. The molecule has 1 aromatic heterocycles. The predicted molar refractivity (Wildman–Crippen MR) is 117 cm³/mol. The Kier molecular flexibility index (Phi) is 7.22. The standard InChI is InChI=1S/C21H14BrClN2O6/c22-18-10-7-15(30-18)8-11-19(26)31-20(13-4-2-1-3-5-13)21(27)24-14-6-9-16(23)17(12-14)25(28)29/h1-12,20H,(H,24,27)/b11-8+/t20-/m0/s1. The van der Waals surface area contributed by atoms with Crippen molar-refractivity contribution in [2.24, 2.45) is 0 Å². The molecule has 158 valence electrons. The second-order valence-electron chi connectivity index (χ2n) is 6.12. The average molecular weight is 506 g/mol. The number of rotatable bonds is 7. The second kappa shape index (κ2) is 10.1. The van der Waals surface area contributed by atoms with Crippen molar-refractivity contribution in [2.45, 2.75) is 6.10 Å². The Morgan fingerprint density at radius 3 is 2.55 bits per heavy atom. The minimum Gasteiger partial charge on any atom is -0.450 e. The van der Waals surface area contributed by atoms with Gasteiger partial charge in [0.2, 0.25) is 6.10 Å². The van der Waals surface area contributed by atoms with Crippen molar-refractivity contribution in [3.05, 3.63) is 97.9 Å². The lowest BCUT2D eigenvalue weighted by Gasteiger charge is -2.17. The Labute approximate surface area is 189 Å². The maximum Gasteiger partial charge on any atom is 0.332 e. The Balaban J connectivity index is 1.80. The topological polar surface area (TPSA) is 112 Å². The molecule has 0 saturated carbocycles. The minimum absolute atomic E-state index is 0.0660. The summed E-state index contributed by atoms with van der Waals surface area (Å²) in [4.78, 5) is 35.6. The van der Waals surface area contributed by atoms with Gasteiger partial charge in [-0.15, -0.1) is 0 Å². The molecule has 1 heterocycles. The first-order chi connectivity index (χ1) is 14.8. The minimum atomic E-state index is -1.29. The third-order valence-corrected chi connectivity index (χ3v) is 4.71. The van der Waals surface area contributed by atoms with Crippen LogP contribution in [-0.2, 0) is 14.3 Å². The van der Waals surface area contributed by atoms with Crippen LogP contribution >= 0.6 is 27.5 Å². The molecule has 0 aliphatic carbocycles. The first-order valence-corrected chi connectivity index (χ1v) is 9.94. The van der Waals surface area contributed by atoms with Crippen molar-refractivity contribution in [2.75, 3.05) is 5.32 Å². The van der Waals surface area contributed by atoms with E-state index in [0.717, 1.165) is 12.1 Å². The van der Waals surface area contributed by atoms with Crippen molar-refractivity contribution in [3.63, 3.8) is 0 Å². The van der Waals surface area contributed by atoms with Gasteiger partial charge < -0.3 is 14.5 Å². The van der Waals surface area contributed by atoms with Crippen LogP contribution in [0.5, 0.6) is 0 Å². The third kappa shape index (κ3) is 6.03. The SMILES string of the molecule is O=C(/C=C/c1ccc(Br)o1)O[C@H](C(=O)Nc1ccc(Cl)c([N+](=O)[O-])c1)c1ccccc1. The number of anilines is 1. The van der Waals surface area contributed by atoms with E-state index in [9.17, 15) is 19.7 Å². The Hall–Kier alpha value is -3.43. The van der Waals surface area contributed by atoms with Gasteiger partial charge in [0.25, 0.3) is 11.6 Å². The fourth-order valence-corrected chi connectivity index (χ4v) is 3.07. The van der Waals surface area contributed by atoms with Crippen molar-refractivity contribution in [1.82, 2.24) is 0 Å². The number of hydrogen-bond donors (Lipinski definition) is 1. The zero-order valence-electron chi connectivity index (χ0n) is 15.7. The molecular formula is C21H14BrClN2O6. The van der Waals surface area contributed by atoms with Crippen LogP contribution in [0.25, 0.3) is 6.08 Å². The zero-order chi connectivity index (χ0) is 22.4. The van der Waals surface area contributed by atoms with Gasteiger partial charge in [-0.3, -0.25) is 14.9 Å². The molecule has 2 aromatic carbocycles. The Morgan fingerprint density at radius 1 is 1.16 bits per heavy atom. The lowest BCUT2D eigenvalue weighted by Crippen LogP contribution is -2.25. The molecule has 0 bridgehead atoms. The predicted octanol–water partition coefficient (Wildman–Crippen LogP) is 5.54. The highest BCUT2D eigenvalue weighted by atomic mass is 79.9. The van der Waals surface area contributed by atoms with Crippen LogP contribution in [0.1, 0.15) is 17.4 Å². The largest absolute Gasteiger partial charge is 0.450 e. The number of nitro benzene ring substituents is 1. The monoisotopic (exact) mass is 504 g/mol. The number of halogens is 2. The summed E-state index contributed by atoms with van der Waals surface area (Å²) in [5, 5.41) is 13.5. The smallest absolute Gasteiger partial charge is 0.332 e. The molecule has 8 nitrogen and oxygen atoms in total. The highest BCUT2D eigenvalue weighted by Gasteiger charge is 2.25. The van der Waals surface area contributed by atoms with Gasteiger partial charge in [-0.2, -0.15) is 0 Å². The van der Waals surface area contributed by atoms with Crippen molar-refractivity contribution in [1.29, 1.82) is 0 Å². The molecule has 3 rings (SSSR count). The molecule has 0 radical (unpaired) electrons. The number of nitrogens with zero attached hydrogens (tertiary/aromatic N) is 1. The zero-order valence-corrected chi connectivity index (χ0v) is 18.0. The average Bonchev–Trinajstić information content (AvgIpc) is 3.17. The normalized spacial score (nSPS) is 11.8. The summed E-state index contributed by atoms with van der Waals surface area (Å²) < 4.78 is 11.1. The fourth-order valence-electron chi connectivity index (χ4n) is 2.56. The number of carbonyl (C=O) groups excluding carboxylic acids is 2. The molecular weight excluding hydrogens is 492 g/mol. The van der Waals surface area contributed by atoms with E-state index in [1.165, 1.54) is 18.2 Å². The third-order valence-electron chi connectivity index (χ3n) is 3.96. The summed E-state index contributed by atoms with van der Waals surface area (Å²) in [7, 11) is 0. The van der Waals surface area contributed by atoms with Gasteiger partial charge in [0.15, 0.2) is 4.67 Å². The van der Waals surface area contributed by atoms with E-state index in [-0.39, 0.29) is 16.4 Å². The first kappa shape index (κ1) is 22.3. The number of furan rings is 1. The molecule has 31 heavy (non-hydrogen) atoms. The molecule has 0 saturated heterocycles. The van der Waals surface area contributed by atoms with E-state index >= 15 is 0 Å². The Morgan fingerprint density at radius 2 is 1.90 bits per heavy atom. The number of hydrogen-bond acceptors (Lipinski definition) is 6. The number of ether oxygens (including phenoxy) is 1. The van der Waals surface area contributed by atoms with Gasteiger partial charge in [-0.1, -0.05) is 41.9 Å². The maximum atomic E-state index is 12.9. The second-order valence-corrected chi connectivity index (χ2v) is 7.30. The van der Waals surface area contributed by atoms with Gasteiger partial charge >= 0.3 is 5.97 Å². The highest BCUT2D eigenvalue weighted by molar-refractivity contribution is 9.10. The molecule has 0 spiro atoms. The van der Waals surface area contributed by atoms with Crippen LogP contribution in [0.3, 0.4) is 0 Å². The van der Waals surface area contributed by atoms with E-state index in [4.69, 9.17) is 20.8 Å². The number of carbonyl (C=O) groups is 2. The van der Waals surface area contributed by atoms with Gasteiger partial charge in [0, 0.05) is 23.4 Å². The van der Waals surface area contributed by atoms with Crippen LogP contribution in [0, 0.1) is 10.1 Å². The maximum absolute atomic E-state index is 12.9. The van der Waals surface area contributed by atoms with E-state index in [1.54, 1.807) is 42.5 Å². The van der Waals surface area contributed by atoms with Crippen molar-refractivity contribution in [3.8, 4) is 0 Å². The number of amides is 1. The van der Waals surface area contributed by atoms with E-state index < -0.39 is 22.9 Å². The molecule has 0 aliphatic rings. The van der Waals surface area contributed by atoms with E-state index in [1.807, 2.05) is 0 Å². The molecule has 10 heteroatoms. The highest BCUT2D eigenvalue weighted by Crippen LogP contribution is 2.28. The molecule has 1 atom stereocenters. The number of esters is 1. The van der Waals surface area contributed by atoms with Gasteiger partial charge in [0.1, 0.15) is 10.8 Å². The van der Waals surface area contributed by atoms with Gasteiger partial charge in [0.05, 0.1) is 4.92 Å². The summed E-state index contributed by atoms with van der Waals surface area (Å²) in [6.07, 6.45) is 1.23. The lowest BCUT2D eigenvalue weighted by atomic mass is 10.1. The quantitative estimate of drug-likeness (QED) is 0.195. The number of benzene rings is 2. The van der Waals surface area contributed by atoms with Crippen molar-refractivity contribution < 1.29 is 23.7 Å². The van der Waals surface area contributed by atoms with E-state index in [0.29, 0.717) is 16.0 Å². The van der Waals surface area contributed by atoms with Gasteiger partial charge in [-0.25, -0.2) is 4.79 Å². The summed E-state index contributed by atoms with van der Waals surface area (Å²) in [5.41, 5.74) is 0.195. The summed E-state index contributed by atoms with van der Waals surface area (Å²) >= 11 is 8.96. The van der Waals surface area contributed by atoms with Crippen molar-refractivity contribution >= 4 is 56.9 Å². The molecule has 0 aliphatic heterocycles. The molecule has 3 aromatic rings. The first-order valence-electron chi connectivity index (χ1n) is 8.77. The number of nitro groups is 1. The van der Waals surface area contributed by atoms with Crippen LogP contribution in [0.2, 0.25) is 5.02 Å². The molecule has 0 unspecified atom stereocenters. The molecule has 0 fully saturated rings. The van der Waals surface area contributed by atoms with Crippen LogP contribution in [0.15, 0.2) is 75.8 Å². The summed E-state index contributed by atoms with van der Waals surface area (Å²) in [6.45, 7) is 0. The summed E-state index contributed by atoms with van der Waals surface area (Å²) in [6, 6.07) is 15.5.